The fraction of sp³-hybridized carbons (Fsp3) is 0.500. The van der Waals surface area contributed by atoms with Gasteiger partial charge >= 0.3 is 0 Å². The molecule has 4 heteroatoms. The number of aryl methyl sites for hydroxylation is 1. The summed E-state index contributed by atoms with van der Waals surface area (Å²) < 4.78 is 1.89. The van der Waals surface area contributed by atoms with Crippen LogP contribution in [0.2, 0.25) is 0 Å². The van der Waals surface area contributed by atoms with E-state index < -0.39 is 0 Å². The van der Waals surface area contributed by atoms with Gasteiger partial charge in [-0.3, -0.25) is 4.79 Å². The Kier molecular flexibility index (Phi) is 5.34. The van der Waals surface area contributed by atoms with Crippen LogP contribution in [0.5, 0.6) is 0 Å². The van der Waals surface area contributed by atoms with Gasteiger partial charge in [0.1, 0.15) is 0 Å². The summed E-state index contributed by atoms with van der Waals surface area (Å²) in [5.41, 5.74) is 3.71. The third kappa shape index (κ3) is 3.86. The molecule has 3 rings (SSSR count). The van der Waals surface area contributed by atoms with Crippen molar-refractivity contribution in [3.63, 3.8) is 0 Å². The van der Waals surface area contributed by atoms with E-state index in [4.69, 9.17) is 0 Å². The maximum Gasteiger partial charge on any atom is 0.224 e. The molecule has 0 bridgehead atoms. The van der Waals surface area contributed by atoms with Crippen LogP contribution in [-0.4, -0.2) is 15.7 Å². The van der Waals surface area contributed by atoms with E-state index in [1.54, 1.807) is 0 Å². The number of hydrogen-bond donors (Lipinski definition) is 1. The monoisotopic (exact) mass is 325 g/mol. The Morgan fingerprint density at radius 1 is 1.17 bits per heavy atom. The van der Waals surface area contributed by atoms with Gasteiger partial charge in [0.25, 0.3) is 0 Å². The van der Waals surface area contributed by atoms with Crippen LogP contribution < -0.4 is 5.32 Å². The average Bonchev–Trinajstić information content (AvgIpc) is 2.90. The van der Waals surface area contributed by atoms with Crippen LogP contribution in [0.15, 0.2) is 30.3 Å². The van der Waals surface area contributed by atoms with Crippen LogP contribution in [-0.2, 0) is 4.79 Å². The lowest BCUT2D eigenvalue weighted by atomic mass is 9.86. The lowest BCUT2D eigenvalue weighted by molar-refractivity contribution is -0.116. The van der Waals surface area contributed by atoms with Gasteiger partial charge in [-0.25, -0.2) is 4.68 Å². The minimum atomic E-state index is 0.111. The van der Waals surface area contributed by atoms with Crippen LogP contribution >= 0.6 is 0 Å². The Bertz CT molecular complexity index is 684. The van der Waals surface area contributed by atoms with Crippen molar-refractivity contribution >= 4 is 11.6 Å². The number of carbonyl (C=O) groups excluding carboxylic acids is 1. The van der Waals surface area contributed by atoms with Gasteiger partial charge in [-0.2, -0.15) is 5.10 Å². The zero-order chi connectivity index (χ0) is 16.9. The molecule has 1 amide bonds. The van der Waals surface area contributed by atoms with Crippen molar-refractivity contribution in [3.05, 3.63) is 41.7 Å². The standard InChI is InChI=1S/C20H27N3O/c1-15-20(16(2)23(22-15)18-11-7-4-8-12-18)21-19(24)14-13-17-9-5-3-6-10-17/h4,7-8,11-12,17H,3,5-6,9-10,13-14H2,1-2H3,(H,21,24). The van der Waals surface area contributed by atoms with Crippen molar-refractivity contribution in [1.29, 1.82) is 0 Å². The molecule has 128 valence electrons. The molecule has 1 aromatic heterocycles. The predicted octanol–water partition coefficient (Wildman–Crippen LogP) is 4.79. The highest BCUT2D eigenvalue weighted by Gasteiger charge is 2.18. The molecule has 1 saturated carbocycles. The summed E-state index contributed by atoms with van der Waals surface area (Å²) in [6.45, 7) is 3.95. The van der Waals surface area contributed by atoms with Crippen molar-refractivity contribution in [1.82, 2.24) is 9.78 Å². The summed E-state index contributed by atoms with van der Waals surface area (Å²) in [7, 11) is 0. The first-order chi connectivity index (χ1) is 11.6. The molecule has 24 heavy (non-hydrogen) atoms. The van der Waals surface area contributed by atoms with Crippen molar-refractivity contribution in [2.45, 2.75) is 58.8 Å². The Morgan fingerprint density at radius 3 is 2.58 bits per heavy atom. The number of carbonyl (C=O) groups is 1. The number of para-hydroxylation sites is 1. The lowest BCUT2D eigenvalue weighted by Crippen LogP contribution is -2.15. The molecule has 1 aromatic carbocycles. The molecule has 0 atom stereocenters. The number of hydrogen-bond acceptors (Lipinski definition) is 2. The summed E-state index contributed by atoms with van der Waals surface area (Å²) in [5, 5.41) is 7.67. The van der Waals surface area contributed by atoms with E-state index >= 15 is 0 Å². The van der Waals surface area contributed by atoms with E-state index in [-0.39, 0.29) is 5.91 Å². The second kappa shape index (κ2) is 7.65. The second-order valence-corrected chi connectivity index (χ2v) is 6.88. The quantitative estimate of drug-likeness (QED) is 0.859. The summed E-state index contributed by atoms with van der Waals surface area (Å²) >= 11 is 0. The van der Waals surface area contributed by atoms with E-state index in [9.17, 15) is 4.79 Å². The first-order valence-corrected chi connectivity index (χ1v) is 9.06. The topological polar surface area (TPSA) is 46.9 Å². The number of aromatic nitrogens is 2. The summed E-state index contributed by atoms with van der Waals surface area (Å²) in [6, 6.07) is 10.0. The molecule has 1 fully saturated rings. The van der Waals surface area contributed by atoms with Crippen molar-refractivity contribution in [3.8, 4) is 5.69 Å². The minimum absolute atomic E-state index is 0.111. The fourth-order valence-electron chi connectivity index (χ4n) is 3.66. The maximum atomic E-state index is 12.4. The Hall–Kier alpha value is -2.10. The van der Waals surface area contributed by atoms with Gasteiger partial charge in [-0.15, -0.1) is 0 Å². The van der Waals surface area contributed by atoms with E-state index in [0.717, 1.165) is 35.1 Å². The normalized spacial score (nSPS) is 15.4. The molecule has 1 aliphatic rings. The number of amides is 1. The molecule has 0 spiro atoms. The van der Waals surface area contributed by atoms with E-state index in [0.29, 0.717) is 6.42 Å². The number of rotatable bonds is 5. The van der Waals surface area contributed by atoms with Gasteiger partial charge in [0, 0.05) is 6.42 Å². The molecule has 4 nitrogen and oxygen atoms in total. The first-order valence-electron chi connectivity index (χ1n) is 9.06. The van der Waals surface area contributed by atoms with E-state index in [2.05, 4.69) is 10.4 Å². The Labute approximate surface area is 144 Å². The summed E-state index contributed by atoms with van der Waals surface area (Å²) in [4.78, 5) is 12.4. The number of nitrogens with one attached hydrogen (secondary N) is 1. The minimum Gasteiger partial charge on any atom is -0.323 e. The van der Waals surface area contributed by atoms with Gasteiger partial charge in [0.2, 0.25) is 5.91 Å². The van der Waals surface area contributed by atoms with E-state index in [1.165, 1.54) is 32.1 Å². The Balaban J connectivity index is 1.64. The number of anilines is 1. The summed E-state index contributed by atoms with van der Waals surface area (Å²) in [5.74, 6) is 0.845. The summed E-state index contributed by atoms with van der Waals surface area (Å²) in [6.07, 6.45) is 8.22. The number of benzene rings is 1. The first kappa shape index (κ1) is 16.7. The highest BCUT2D eigenvalue weighted by atomic mass is 16.1. The third-order valence-corrected chi connectivity index (χ3v) is 5.06. The zero-order valence-corrected chi connectivity index (χ0v) is 14.7. The van der Waals surface area contributed by atoms with Crippen LogP contribution in [0.4, 0.5) is 5.69 Å². The lowest BCUT2D eigenvalue weighted by Gasteiger charge is -2.21. The molecular weight excluding hydrogens is 298 g/mol. The van der Waals surface area contributed by atoms with Crippen LogP contribution in [0.3, 0.4) is 0 Å². The number of nitrogens with zero attached hydrogens (tertiary/aromatic N) is 2. The molecule has 0 radical (unpaired) electrons. The van der Waals surface area contributed by atoms with Crippen molar-refractivity contribution in [2.75, 3.05) is 5.32 Å². The highest BCUT2D eigenvalue weighted by molar-refractivity contribution is 5.92. The van der Waals surface area contributed by atoms with Crippen molar-refractivity contribution < 1.29 is 4.79 Å². The molecule has 1 N–H and O–H groups in total. The van der Waals surface area contributed by atoms with Gasteiger partial charge < -0.3 is 5.32 Å². The average molecular weight is 325 g/mol. The van der Waals surface area contributed by atoms with Gasteiger partial charge in [0.15, 0.2) is 0 Å². The predicted molar refractivity (Wildman–Crippen MR) is 97.5 cm³/mol. The van der Waals surface area contributed by atoms with Gasteiger partial charge in [-0.1, -0.05) is 50.3 Å². The van der Waals surface area contributed by atoms with Crippen molar-refractivity contribution in [2.24, 2.45) is 5.92 Å². The molecule has 0 unspecified atom stereocenters. The van der Waals surface area contributed by atoms with E-state index in [1.807, 2.05) is 48.9 Å². The molecule has 2 aromatic rings. The molecule has 1 heterocycles. The largest absolute Gasteiger partial charge is 0.323 e. The fourth-order valence-corrected chi connectivity index (χ4v) is 3.66. The second-order valence-electron chi connectivity index (χ2n) is 6.88. The molecular formula is C20H27N3O. The maximum absolute atomic E-state index is 12.4. The van der Waals surface area contributed by atoms with Crippen LogP contribution in [0, 0.1) is 19.8 Å². The molecule has 0 saturated heterocycles. The highest BCUT2D eigenvalue weighted by Crippen LogP contribution is 2.28. The molecule has 1 aliphatic carbocycles. The van der Waals surface area contributed by atoms with Gasteiger partial charge in [0.05, 0.1) is 22.8 Å². The van der Waals surface area contributed by atoms with Crippen LogP contribution in [0.25, 0.3) is 5.69 Å². The smallest absolute Gasteiger partial charge is 0.224 e. The third-order valence-electron chi connectivity index (χ3n) is 5.06. The van der Waals surface area contributed by atoms with Crippen LogP contribution in [0.1, 0.15) is 56.3 Å². The SMILES string of the molecule is Cc1nn(-c2ccccc2)c(C)c1NC(=O)CCC1CCCCC1. The van der Waals surface area contributed by atoms with Gasteiger partial charge in [-0.05, 0) is 38.3 Å². The zero-order valence-electron chi connectivity index (χ0n) is 14.7. The molecule has 0 aliphatic heterocycles. The Morgan fingerprint density at radius 2 is 1.88 bits per heavy atom.